The van der Waals surface area contributed by atoms with E-state index in [-0.39, 0.29) is 5.92 Å². The average Bonchev–Trinajstić information content (AvgIpc) is 3.45. The van der Waals surface area contributed by atoms with Crippen molar-refractivity contribution in [1.82, 2.24) is 9.80 Å². The molecule has 1 amide bonds. The van der Waals surface area contributed by atoms with Gasteiger partial charge >= 0.3 is 0 Å². The van der Waals surface area contributed by atoms with Gasteiger partial charge in [0.15, 0.2) is 0 Å². The first-order valence-electron chi connectivity index (χ1n) is 9.33. The molecule has 1 aliphatic carbocycles. The third kappa shape index (κ3) is 3.62. The molecule has 2 unspecified atom stereocenters. The summed E-state index contributed by atoms with van der Waals surface area (Å²) in [6, 6.07) is 19.1. The highest BCUT2D eigenvalue weighted by atomic mass is 16.2. The van der Waals surface area contributed by atoms with E-state index < -0.39 is 0 Å². The van der Waals surface area contributed by atoms with Crippen LogP contribution in [0.15, 0.2) is 54.6 Å². The van der Waals surface area contributed by atoms with Gasteiger partial charge < -0.3 is 4.90 Å². The summed E-state index contributed by atoms with van der Waals surface area (Å²) in [5.74, 6) is 1.02. The standard InChI is InChI=1S/C22H26N2O/c1-17-7-5-6-10-19(17)16-23-11-13-24(14-12-23)22(25)21-15-20(21)18-8-3-2-4-9-18/h2-10,20-21H,11-16H2,1H3. The summed E-state index contributed by atoms with van der Waals surface area (Å²) in [6.45, 7) is 6.84. The Morgan fingerprint density at radius 1 is 0.960 bits per heavy atom. The van der Waals surface area contributed by atoms with Crippen molar-refractivity contribution in [2.75, 3.05) is 26.2 Å². The van der Waals surface area contributed by atoms with Crippen molar-refractivity contribution in [3.63, 3.8) is 0 Å². The van der Waals surface area contributed by atoms with Crippen molar-refractivity contribution in [2.24, 2.45) is 5.92 Å². The van der Waals surface area contributed by atoms with Crippen LogP contribution in [0.1, 0.15) is 29.0 Å². The minimum absolute atomic E-state index is 0.213. The second-order valence-corrected chi connectivity index (χ2v) is 7.39. The predicted molar refractivity (Wildman–Crippen MR) is 100 cm³/mol. The van der Waals surface area contributed by atoms with Gasteiger partial charge in [0.1, 0.15) is 0 Å². The molecule has 3 heteroatoms. The fraction of sp³-hybridized carbons (Fsp3) is 0.409. The van der Waals surface area contributed by atoms with Crippen LogP contribution < -0.4 is 0 Å². The molecule has 0 radical (unpaired) electrons. The Morgan fingerprint density at radius 2 is 1.64 bits per heavy atom. The average molecular weight is 334 g/mol. The summed E-state index contributed by atoms with van der Waals surface area (Å²) in [6.07, 6.45) is 1.02. The number of rotatable bonds is 4. The molecular formula is C22H26N2O. The van der Waals surface area contributed by atoms with E-state index in [9.17, 15) is 4.79 Å². The van der Waals surface area contributed by atoms with Crippen LogP contribution in [-0.4, -0.2) is 41.9 Å². The van der Waals surface area contributed by atoms with Crippen molar-refractivity contribution in [1.29, 1.82) is 0 Å². The van der Waals surface area contributed by atoms with Gasteiger partial charge in [0.25, 0.3) is 0 Å². The van der Waals surface area contributed by atoms with Crippen LogP contribution in [0, 0.1) is 12.8 Å². The van der Waals surface area contributed by atoms with Crippen LogP contribution in [0.3, 0.4) is 0 Å². The van der Waals surface area contributed by atoms with Gasteiger partial charge in [0, 0.05) is 38.6 Å². The van der Waals surface area contributed by atoms with E-state index in [1.165, 1.54) is 16.7 Å². The number of hydrogen-bond acceptors (Lipinski definition) is 2. The highest BCUT2D eigenvalue weighted by Crippen LogP contribution is 2.48. The molecular weight excluding hydrogens is 308 g/mol. The second kappa shape index (κ2) is 7.01. The first-order chi connectivity index (χ1) is 12.2. The lowest BCUT2D eigenvalue weighted by atomic mass is 10.1. The summed E-state index contributed by atoms with van der Waals surface area (Å²) >= 11 is 0. The molecule has 25 heavy (non-hydrogen) atoms. The molecule has 4 rings (SSSR count). The lowest BCUT2D eigenvalue weighted by Crippen LogP contribution is -2.48. The molecule has 130 valence electrons. The van der Waals surface area contributed by atoms with E-state index in [0.717, 1.165) is 39.1 Å². The van der Waals surface area contributed by atoms with Crippen LogP contribution in [0.4, 0.5) is 0 Å². The minimum Gasteiger partial charge on any atom is -0.340 e. The quantitative estimate of drug-likeness (QED) is 0.855. The Bertz CT molecular complexity index is 735. The summed E-state index contributed by atoms with van der Waals surface area (Å²) in [5.41, 5.74) is 4.07. The van der Waals surface area contributed by atoms with E-state index in [2.05, 4.69) is 65.3 Å². The molecule has 1 heterocycles. The van der Waals surface area contributed by atoms with E-state index in [1.807, 2.05) is 6.07 Å². The van der Waals surface area contributed by atoms with Gasteiger partial charge in [0.2, 0.25) is 5.91 Å². The van der Waals surface area contributed by atoms with E-state index in [4.69, 9.17) is 0 Å². The zero-order chi connectivity index (χ0) is 17.2. The summed E-state index contributed by atoms with van der Waals surface area (Å²) in [4.78, 5) is 17.3. The molecule has 0 aromatic heterocycles. The van der Waals surface area contributed by atoms with Crippen LogP contribution >= 0.6 is 0 Å². The third-order valence-electron chi connectivity index (χ3n) is 5.67. The number of carbonyl (C=O) groups excluding carboxylic acids is 1. The monoisotopic (exact) mass is 334 g/mol. The number of piperazine rings is 1. The fourth-order valence-electron chi connectivity index (χ4n) is 3.93. The SMILES string of the molecule is Cc1ccccc1CN1CCN(C(=O)C2CC2c2ccccc2)CC1. The third-order valence-corrected chi connectivity index (χ3v) is 5.67. The number of benzene rings is 2. The zero-order valence-corrected chi connectivity index (χ0v) is 14.9. The van der Waals surface area contributed by atoms with Gasteiger partial charge in [-0.25, -0.2) is 0 Å². The van der Waals surface area contributed by atoms with Crippen LogP contribution in [0.25, 0.3) is 0 Å². The van der Waals surface area contributed by atoms with Crippen molar-refractivity contribution in [3.05, 3.63) is 71.3 Å². The van der Waals surface area contributed by atoms with Crippen LogP contribution in [0.2, 0.25) is 0 Å². The number of amides is 1. The zero-order valence-electron chi connectivity index (χ0n) is 14.9. The Labute approximate surface area is 150 Å². The van der Waals surface area contributed by atoms with E-state index in [1.54, 1.807) is 0 Å². The summed E-state index contributed by atoms with van der Waals surface area (Å²) in [7, 11) is 0. The van der Waals surface area contributed by atoms with Gasteiger partial charge in [-0.3, -0.25) is 9.69 Å². The van der Waals surface area contributed by atoms with Gasteiger partial charge in [-0.05, 0) is 36.0 Å². The van der Waals surface area contributed by atoms with Gasteiger partial charge in [-0.2, -0.15) is 0 Å². The van der Waals surface area contributed by atoms with Gasteiger partial charge in [-0.1, -0.05) is 54.6 Å². The summed E-state index contributed by atoms with van der Waals surface area (Å²) < 4.78 is 0. The lowest BCUT2D eigenvalue weighted by molar-refractivity contribution is -0.134. The van der Waals surface area contributed by atoms with Crippen molar-refractivity contribution >= 4 is 5.91 Å². The maximum Gasteiger partial charge on any atom is 0.226 e. The number of carbonyl (C=O) groups is 1. The molecule has 1 aliphatic heterocycles. The topological polar surface area (TPSA) is 23.6 Å². The van der Waals surface area contributed by atoms with E-state index >= 15 is 0 Å². The van der Waals surface area contributed by atoms with Crippen molar-refractivity contribution in [2.45, 2.75) is 25.8 Å². The normalized spacial score (nSPS) is 23.5. The van der Waals surface area contributed by atoms with Crippen LogP contribution in [0.5, 0.6) is 0 Å². The Kier molecular flexibility index (Phi) is 4.58. The number of aryl methyl sites for hydroxylation is 1. The Morgan fingerprint density at radius 3 is 2.36 bits per heavy atom. The largest absolute Gasteiger partial charge is 0.340 e. The van der Waals surface area contributed by atoms with Crippen molar-refractivity contribution < 1.29 is 4.79 Å². The molecule has 2 aromatic rings. The molecule has 2 aliphatic rings. The molecule has 2 aromatic carbocycles. The maximum atomic E-state index is 12.8. The summed E-state index contributed by atoms with van der Waals surface area (Å²) in [5, 5.41) is 0. The molecule has 1 saturated carbocycles. The molecule has 2 atom stereocenters. The molecule has 1 saturated heterocycles. The second-order valence-electron chi connectivity index (χ2n) is 7.39. The van der Waals surface area contributed by atoms with E-state index in [0.29, 0.717) is 11.8 Å². The van der Waals surface area contributed by atoms with Crippen molar-refractivity contribution in [3.8, 4) is 0 Å². The van der Waals surface area contributed by atoms with Crippen LogP contribution in [-0.2, 0) is 11.3 Å². The highest BCUT2D eigenvalue weighted by molar-refractivity contribution is 5.83. The predicted octanol–water partition coefficient (Wildman–Crippen LogP) is 3.44. The molecule has 3 nitrogen and oxygen atoms in total. The van der Waals surface area contributed by atoms with Gasteiger partial charge in [-0.15, -0.1) is 0 Å². The Balaban J connectivity index is 1.29. The first-order valence-corrected chi connectivity index (χ1v) is 9.33. The molecule has 0 bridgehead atoms. The smallest absolute Gasteiger partial charge is 0.226 e. The molecule has 0 N–H and O–H groups in total. The highest BCUT2D eigenvalue weighted by Gasteiger charge is 2.45. The minimum atomic E-state index is 0.213. The lowest BCUT2D eigenvalue weighted by Gasteiger charge is -2.35. The number of nitrogens with zero attached hydrogens (tertiary/aromatic N) is 2. The Hall–Kier alpha value is -2.13. The molecule has 2 fully saturated rings. The van der Waals surface area contributed by atoms with Gasteiger partial charge in [0.05, 0.1) is 0 Å². The maximum absolute atomic E-state index is 12.8. The fourth-order valence-corrected chi connectivity index (χ4v) is 3.93. The molecule has 0 spiro atoms. The number of hydrogen-bond donors (Lipinski definition) is 0. The first kappa shape index (κ1) is 16.3.